The maximum atomic E-state index is 5.63. The van der Waals surface area contributed by atoms with E-state index >= 15 is 0 Å². The quantitative estimate of drug-likeness (QED) is 0.822. The Labute approximate surface area is 101 Å². The van der Waals surface area contributed by atoms with E-state index in [9.17, 15) is 0 Å². The number of hydrogen-bond acceptors (Lipinski definition) is 4. The summed E-state index contributed by atoms with van der Waals surface area (Å²) < 4.78 is 5.21. The number of benzene rings is 1. The van der Waals surface area contributed by atoms with Crippen molar-refractivity contribution in [3.63, 3.8) is 0 Å². The molecule has 2 rings (SSSR count). The van der Waals surface area contributed by atoms with Gasteiger partial charge in [-0.15, -0.1) is 0 Å². The largest absolute Gasteiger partial charge is 0.399 e. The minimum Gasteiger partial charge on any atom is -0.399 e. The molecule has 17 heavy (non-hydrogen) atoms. The summed E-state index contributed by atoms with van der Waals surface area (Å²) in [5.41, 5.74) is 7.29. The van der Waals surface area contributed by atoms with Gasteiger partial charge < -0.3 is 10.3 Å². The van der Waals surface area contributed by atoms with Crippen molar-refractivity contribution in [2.75, 3.05) is 5.73 Å². The van der Waals surface area contributed by atoms with E-state index in [2.05, 4.69) is 24.0 Å². The molecular formula is C13H17N3O. The van der Waals surface area contributed by atoms with E-state index in [1.54, 1.807) is 0 Å². The summed E-state index contributed by atoms with van der Waals surface area (Å²) in [5.74, 6) is 1.97. The molecule has 1 aromatic heterocycles. The van der Waals surface area contributed by atoms with Crippen molar-refractivity contribution in [1.82, 2.24) is 10.1 Å². The highest BCUT2D eigenvalue weighted by Crippen LogP contribution is 2.18. The fourth-order valence-corrected chi connectivity index (χ4v) is 1.52. The maximum Gasteiger partial charge on any atom is 0.226 e. The molecule has 0 amide bonds. The first-order valence-corrected chi connectivity index (χ1v) is 5.83. The van der Waals surface area contributed by atoms with Crippen LogP contribution in [0, 0.1) is 5.92 Å². The second kappa shape index (κ2) is 4.99. The van der Waals surface area contributed by atoms with Gasteiger partial charge in [0, 0.05) is 17.7 Å². The van der Waals surface area contributed by atoms with Crippen LogP contribution >= 0.6 is 0 Å². The van der Waals surface area contributed by atoms with Crippen LogP contribution in [-0.4, -0.2) is 10.1 Å². The number of nitrogens with two attached hydrogens (primary N) is 1. The van der Waals surface area contributed by atoms with Crippen LogP contribution in [0.1, 0.15) is 26.2 Å². The van der Waals surface area contributed by atoms with Gasteiger partial charge in [0.15, 0.2) is 0 Å². The third-order valence-corrected chi connectivity index (χ3v) is 2.57. The van der Waals surface area contributed by atoms with Crippen molar-refractivity contribution < 1.29 is 4.52 Å². The van der Waals surface area contributed by atoms with Gasteiger partial charge in [0.25, 0.3) is 0 Å². The molecule has 0 bridgehead atoms. The van der Waals surface area contributed by atoms with Gasteiger partial charge in [-0.3, -0.25) is 0 Å². The van der Waals surface area contributed by atoms with E-state index in [4.69, 9.17) is 10.3 Å². The molecule has 4 nitrogen and oxygen atoms in total. The van der Waals surface area contributed by atoms with Crippen LogP contribution in [0.3, 0.4) is 0 Å². The van der Waals surface area contributed by atoms with Crippen molar-refractivity contribution in [3.05, 3.63) is 30.2 Å². The Hall–Kier alpha value is -1.84. The topological polar surface area (TPSA) is 64.9 Å². The van der Waals surface area contributed by atoms with Crippen molar-refractivity contribution in [2.24, 2.45) is 5.92 Å². The van der Waals surface area contributed by atoms with Gasteiger partial charge in [-0.2, -0.15) is 4.98 Å². The normalized spacial score (nSPS) is 11.0. The first-order valence-electron chi connectivity index (χ1n) is 5.83. The number of rotatable bonds is 4. The third-order valence-electron chi connectivity index (χ3n) is 2.57. The van der Waals surface area contributed by atoms with Gasteiger partial charge in [0.2, 0.25) is 11.7 Å². The van der Waals surface area contributed by atoms with E-state index in [1.165, 1.54) is 0 Å². The molecule has 0 radical (unpaired) electrons. The predicted octanol–water partition coefficient (Wildman–Crippen LogP) is 2.91. The molecular weight excluding hydrogens is 214 g/mol. The Balaban J connectivity index is 2.10. The van der Waals surface area contributed by atoms with Gasteiger partial charge in [0.1, 0.15) is 0 Å². The van der Waals surface area contributed by atoms with Gasteiger partial charge >= 0.3 is 0 Å². The monoisotopic (exact) mass is 231 g/mol. The molecule has 4 heteroatoms. The Morgan fingerprint density at radius 3 is 2.59 bits per heavy atom. The zero-order chi connectivity index (χ0) is 12.3. The lowest BCUT2D eigenvalue weighted by Gasteiger charge is -1.98. The fraction of sp³-hybridized carbons (Fsp3) is 0.385. The molecule has 0 fully saturated rings. The highest BCUT2D eigenvalue weighted by Gasteiger charge is 2.08. The smallest absolute Gasteiger partial charge is 0.226 e. The Bertz CT molecular complexity index is 474. The van der Waals surface area contributed by atoms with Crippen molar-refractivity contribution in [1.29, 1.82) is 0 Å². The summed E-state index contributed by atoms with van der Waals surface area (Å²) in [6, 6.07) is 7.46. The lowest BCUT2D eigenvalue weighted by Crippen LogP contribution is -1.92. The molecule has 0 aliphatic heterocycles. The SMILES string of the molecule is CC(C)CCc1nc(-c2ccc(N)cc2)no1. The number of nitrogen functional groups attached to an aromatic ring is 1. The molecule has 1 aromatic carbocycles. The third kappa shape index (κ3) is 3.06. The molecule has 1 heterocycles. The first-order chi connectivity index (χ1) is 8.15. The van der Waals surface area contributed by atoms with Crippen LogP contribution in [0.15, 0.2) is 28.8 Å². The van der Waals surface area contributed by atoms with E-state index in [0.717, 1.165) is 24.1 Å². The molecule has 90 valence electrons. The Morgan fingerprint density at radius 2 is 1.94 bits per heavy atom. The number of anilines is 1. The molecule has 0 aliphatic carbocycles. The summed E-state index contributed by atoms with van der Waals surface area (Å²) >= 11 is 0. The molecule has 2 aromatic rings. The summed E-state index contributed by atoms with van der Waals surface area (Å²) in [4.78, 5) is 4.36. The molecule has 2 N–H and O–H groups in total. The molecule has 0 saturated carbocycles. The molecule has 0 aliphatic rings. The van der Waals surface area contributed by atoms with Gasteiger partial charge in [-0.05, 0) is 36.6 Å². The standard InChI is InChI=1S/C13H17N3O/c1-9(2)3-8-12-15-13(16-17-12)10-4-6-11(14)7-5-10/h4-7,9H,3,8,14H2,1-2H3. The molecule has 0 unspecified atom stereocenters. The lowest BCUT2D eigenvalue weighted by atomic mass is 10.1. The van der Waals surface area contributed by atoms with Gasteiger partial charge in [-0.25, -0.2) is 0 Å². The molecule has 0 spiro atoms. The number of hydrogen-bond donors (Lipinski definition) is 1. The number of aromatic nitrogens is 2. The van der Waals surface area contributed by atoms with E-state index in [1.807, 2.05) is 24.3 Å². The summed E-state index contributed by atoms with van der Waals surface area (Å²) in [6.07, 6.45) is 1.89. The van der Waals surface area contributed by atoms with Crippen LogP contribution in [0.2, 0.25) is 0 Å². The van der Waals surface area contributed by atoms with Crippen LogP contribution in [0.5, 0.6) is 0 Å². The highest BCUT2D eigenvalue weighted by molar-refractivity contribution is 5.57. The van der Waals surface area contributed by atoms with Crippen molar-refractivity contribution >= 4 is 5.69 Å². The predicted molar refractivity (Wildman–Crippen MR) is 67.3 cm³/mol. The average Bonchev–Trinajstić information content (AvgIpc) is 2.76. The number of nitrogens with zero attached hydrogens (tertiary/aromatic N) is 2. The highest BCUT2D eigenvalue weighted by atomic mass is 16.5. The minimum absolute atomic E-state index is 0.628. The summed E-state index contributed by atoms with van der Waals surface area (Å²) in [7, 11) is 0. The van der Waals surface area contributed by atoms with E-state index < -0.39 is 0 Å². The lowest BCUT2D eigenvalue weighted by molar-refractivity contribution is 0.368. The second-order valence-corrected chi connectivity index (χ2v) is 4.57. The zero-order valence-corrected chi connectivity index (χ0v) is 10.2. The maximum absolute atomic E-state index is 5.63. The van der Waals surface area contributed by atoms with Gasteiger partial charge in [-0.1, -0.05) is 19.0 Å². The average molecular weight is 231 g/mol. The first kappa shape index (κ1) is 11.6. The zero-order valence-electron chi connectivity index (χ0n) is 10.2. The van der Waals surface area contributed by atoms with Crippen LogP contribution < -0.4 is 5.73 Å². The Kier molecular flexibility index (Phi) is 3.42. The van der Waals surface area contributed by atoms with Gasteiger partial charge in [0.05, 0.1) is 0 Å². The Morgan fingerprint density at radius 1 is 1.24 bits per heavy atom. The second-order valence-electron chi connectivity index (χ2n) is 4.57. The van der Waals surface area contributed by atoms with Crippen LogP contribution in [0.4, 0.5) is 5.69 Å². The molecule has 0 saturated heterocycles. The van der Waals surface area contributed by atoms with Crippen LogP contribution in [-0.2, 0) is 6.42 Å². The van der Waals surface area contributed by atoms with Crippen molar-refractivity contribution in [2.45, 2.75) is 26.7 Å². The number of aryl methyl sites for hydroxylation is 1. The summed E-state index contributed by atoms with van der Waals surface area (Å²) in [5, 5.41) is 3.97. The summed E-state index contributed by atoms with van der Waals surface area (Å²) in [6.45, 7) is 4.36. The minimum atomic E-state index is 0.628. The molecule has 0 atom stereocenters. The fourth-order valence-electron chi connectivity index (χ4n) is 1.52. The van der Waals surface area contributed by atoms with Crippen LogP contribution in [0.25, 0.3) is 11.4 Å². The van der Waals surface area contributed by atoms with Crippen molar-refractivity contribution in [3.8, 4) is 11.4 Å². The van der Waals surface area contributed by atoms with E-state index in [-0.39, 0.29) is 0 Å². The van der Waals surface area contributed by atoms with E-state index in [0.29, 0.717) is 17.6 Å².